The van der Waals surface area contributed by atoms with Gasteiger partial charge >= 0.3 is 0 Å². The van der Waals surface area contributed by atoms with Crippen LogP contribution < -0.4 is 5.32 Å². The largest absolute Gasteiger partial charge is 0.342 e. The Morgan fingerprint density at radius 3 is 2.39 bits per heavy atom. The lowest BCUT2D eigenvalue weighted by molar-refractivity contribution is -0.132. The molecule has 0 saturated carbocycles. The van der Waals surface area contributed by atoms with Crippen molar-refractivity contribution in [2.24, 2.45) is 0 Å². The van der Waals surface area contributed by atoms with E-state index in [-0.39, 0.29) is 11.9 Å². The Hall–Kier alpha value is -0.870. The number of carbonyl (C=O) groups excluding carboxylic acids is 1. The SMILES string of the molecule is CCc1ccc(CNC(C)C(=O)N(CC)CC)s1. The number of rotatable bonds is 7. The summed E-state index contributed by atoms with van der Waals surface area (Å²) in [6.07, 6.45) is 1.08. The maximum atomic E-state index is 12.1. The normalized spacial score (nSPS) is 12.4. The number of amides is 1. The molecule has 102 valence electrons. The molecule has 1 atom stereocenters. The van der Waals surface area contributed by atoms with Crippen LogP contribution in [0.4, 0.5) is 0 Å². The van der Waals surface area contributed by atoms with E-state index in [1.54, 1.807) is 0 Å². The van der Waals surface area contributed by atoms with Gasteiger partial charge in [-0.05, 0) is 39.3 Å². The minimum Gasteiger partial charge on any atom is -0.342 e. The molecule has 1 rings (SSSR count). The fourth-order valence-electron chi connectivity index (χ4n) is 1.86. The third-order valence-corrected chi connectivity index (χ3v) is 4.32. The zero-order valence-electron chi connectivity index (χ0n) is 11.8. The third-order valence-electron chi connectivity index (χ3n) is 3.09. The Kier molecular flexibility index (Phi) is 6.36. The monoisotopic (exact) mass is 268 g/mol. The summed E-state index contributed by atoms with van der Waals surface area (Å²) in [4.78, 5) is 16.6. The fraction of sp³-hybridized carbons (Fsp3) is 0.643. The highest BCUT2D eigenvalue weighted by atomic mass is 32.1. The van der Waals surface area contributed by atoms with Crippen molar-refractivity contribution >= 4 is 17.2 Å². The number of likely N-dealkylation sites (N-methyl/N-ethyl adjacent to an activating group) is 1. The summed E-state index contributed by atoms with van der Waals surface area (Å²) in [6.45, 7) is 10.5. The van der Waals surface area contributed by atoms with Crippen molar-refractivity contribution < 1.29 is 4.79 Å². The van der Waals surface area contributed by atoms with Crippen LogP contribution in [0, 0.1) is 0 Å². The van der Waals surface area contributed by atoms with Crippen LogP contribution in [0.3, 0.4) is 0 Å². The van der Waals surface area contributed by atoms with E-state index in [9.17, 15) is 4.79 Å². The zero-order chi connectivity index (χ0) is 13.5. The van der Waals surface area contributed by atoms with Gasteiger partial charge in [-0.2, -0.15) is 0 Å². The predicted molar refractivity (Wildman–Crippen MR) is 77.9 cm³/mol. The van der Waals surface area contributed by atoms with Crippen molar-refractivity contribution in [3.8, 4) is 0 Å². The highest BCUT2D eigenvalue weighted by Crippen LogP contribution is 2.16. The number of carbonyl (C=O) groups is 1. The van der Waals surface area contributed by atoms with Crippen molar-refractivity contribution in [2.45, 2.75) is 46.7 Å². The molecule has 0 fully saturated rings. The standard InChI is InChI=1S/C14H24N2OS/c1-5-12-8-9-13(18-12)10-15-11(4)14(17)16(6-2)7-3/h8-9,11,15H,5-7,10H2,1-4H3. The Morgan fingerprint density at radius 1 is 1.28 bits per heavy atom. The second-order valence-corrected chi connectivity index (χ2v) is 5.59. The first-order valence-corrected chi connectivity index (χ1v) is 7.53. The van der Waals surface area contributed by atoms with E-state index in [1.807, 2.05) is 37.0 Å². The van der Waals surface area contributed by atoms with E-state index in [0.717, 1.165) is 26.1 Å². The quantitative estimate of drug-likeness (QED) is 0.824. The first-order valence-electron chi connectivity index (χ1n) is 6.72. The summed E-state index contributed by atoms with van der Waals surface area (Å²) in [5.74, 6) is 0.187. The van der Waals surface area contributed by atoms with Gasteiger partial charge in [-0.25, -0.2) is 0 Å². The molecular weight excluding hydrogens is 244 g/mol. The molecule has 0 saturated heterocycles. The smallest absolute Gasteiger partial charge is 0.239 e. The molecule has 0 aliphatic carbocycles. The van der Waals surface area contributed by atoms with Gasteiger partial charge in [0.05, 0.1) is 6.04 Å². The molecule has 3 nitrogen and oxygen atoms in total. The molecule has 0 aliphatic rings. The molecule has 1 aromatic heterocycles. The lowest BCUT2D eigenvalue weighted by atomic mass is 10.2. The van der Waals surface area contributed by atoms with Gasteiger partial charge in [0, 0.05) is 29.4 Å². The van der Waals surface area contributed by atoms with Crippen molar-refractivity contribution in [2.75, 3.05) is 13.1 Å². The second-order valence-electron chi connectivity index (χ2n) is 4.33. The summed E-state index contributed by atoms with van der Waals surface area (Å²) in [5, 5.41) is 3.30. The Morgan fingerprint density at radius 2 is 1.89 bits per heavy atom. The maximum Gasteiger partial charge on any atom is 0.239 e. The molecule has 0 radical (unpaired) electrons. The van der Waals surface area contributed by atoms with E-state index >= 15 is 0 Å². The van der Waals surface area contributed by atoms with Gasteiger partial charge in [0.15, 0.2) is 0 Å². The van der Waals surface area contributed by atoms with Crippen LogP contribution in [0.25, 0.3) is 0 Å². The second kappa shape index (κ2) is 7.54. The van der Waals surface area contributed by atoms with Gasteiger partial charge in [-0.1, -0.05) is 6.92 Å². The number of thiophene rings is 1. The number of hydrogen-bond donors (Lipinski definition) is 1. The Labute approximate surface area is 114 Å². The minimum absolute atomic E-state index is 0.114. The zero-order valence-corrected chi connectivity index (χ0v) is 12.6. The summed E-state index contributed by atoms with van der Waals surface area (Å²) >= 11 is 1.82. The van der Waals surface area contributed by atoms with E-state index in [1.165, 1.54) is 9.75 Å². The molecule has 0 spiro atoms. The molecule has 1 aromatic rings. The van der Waals surface area contributed by atoms with E-state index in [4.69, 9.17) is 0 Å². The van der Waals surface area contributed by atoms with Crippen LogP contribution in [0.5, 0.6) is 0 Å². The molecule has 4 heteroatoms. The maximum absolute atomic E-state index is 12.1. The van der Waals surface area contributed by atoms with Gasteiger partial charge < -0.3 is 10.2 Å². The average Bonchev–Trinajstić information content (AvgIpc) is 2.85. The first kappa shape index (κ1) is 15.2. The van der Waals surface area contributed by atoms with Gasteiger partial charge in [0.25, 0.3) is 0 Å². The van der Waals surface area contributed by atoms with Crippen LogP contribution in [0.15, 0.2) is 12.1 Å². The highest BCUT2D eigenvalue weighted by molar-refractivity contribution is 7.11. The minimum atomic E-state index is -0.114. The number of hydrogen-bond acceptors (Lipinski definition) is 3. The van der Waals surface area contributed by atoms with Gasteiger partial charge in [-0.15, -0.1) is 11.3 Å². The molecule has 1 N–H and O–H groups in total. The van der Waals surface area contributed by atoms with Crippen molar-refractivity contribution in [1.29, 1.82) is 0 Å². The van der Waals surface area contributed by atoms with Crippen LogP contribution in [0.1, 0.15) is 37.4 Å². The molecule has 1 amide bonds. The van der Waals surface area contributed by atoms with Gasteiger partial charge in [-0.3, -0.25) is 4.79 Å². The van der Waals surface area contributed by atoms with Crippen molar-refractivity contribution in [1.82, 2.24) is 10.2 Å². The molecular formula is C14H24N2OS. The van der Waals surface area contributed by atoms with Gasteiger partial charge in [0.1, 0.15) is 0 Å². The van der Waals surface area contributed by atoms with Crippen LogP contribution in [0.2, 0.25) is 0 Å². The van der Waals surface area contributed by atoms with Crippen LogP contribution >= 0.6 is 11.3 Å². The Bertz CT molecular complexity index is 372. The highest BCUT2D eigenvalue weighted by Gasteiger charge is 2.17. The average molecular weight is 268 g/mol. The molecule has 0 aliphatic heterocycles. The summed E-state index contributed by atoms with van der Waals surface area (Å²) in [7, 11) is 0. The van der Waals surface area contributed by atoms with E-state index < -0.39 is 0 Å². The first-order chi connectivity index (χ1) is 8.62. The molecule has 1 heterocycles. The summed E-state index contributed by atoms with van der Waals surface area (Å²) < 4.78 is 0. The van der Waals surface area contributed by atoms with Crippen LogP contribution in [-0.4, -0.2) is 29.9 Å². The summed E-state index contributed by atoms with van der Waals surface area (Å²) in [6, 6.07) is 4.20. The topological polar surface area (TPSA) is 32.3 Å². The Balaban J connectivity index is 2.45. The van der Waals surface area contributed by atoms with E-state index in [2.05, 4.69) is 24.4 Å². The number of nitrogens with zero attached hydrogens (tertiary/aromatic N) is 1. The molecule has 0 aromatic carbocycles. The van der Waals surface area contributed by atoms with Crippen LogP contribution in [-0.2, 0) is 17.8 Å². The number of nitrogens with one attached hydrogen (secondary N) is 1. The lowest BCUT2D eigenvalue weighted by Crippen LogP contribution is -2.44. The van der Waals surface area contributed by atoms with Crippen molar-refractivity contribution in [3.05, 3.63) is 21.9 Å². The van der Waals surface area contributed by atoms with E-state index in [0.29, 0.717) is 0 Å². The fourth-order valence-corrected chi connectivity index (χ4v) is 2.77. The van der Waals surface area contributed by atoms with Crippen molar-refractivity contribution in [3.63, 3.8) is 0 Å². The third kappa shape index (κ3) is 4.10. The summed E-state index contributed by atoms with van der Waals surface area (Å²) in [5.41, 5.74) is 0. The molecule has 18 heavy (non-hydrogen) atoms. The molecule has 0 bridgehead atoms. The predicted octanol–water partition coefficient (Wildman–Crippen LogP) is 2.66. The molecule has 1 unspecified atom stereocenters. The van der Waals surface area contributed by atoms with Gasteiger partial charge in [0.2, 0.25) is 5.91 Å². The lowest BCUT2D eigenvalue weighted by Gasteiger charge is -2.23. The number of aryl methyl sites for hydroxylation is 1.